The summed E-state index contributed by atoms with van der Waals surface area (Å²) in [5.41, 5.74) is 4.01. The van der Waals surface area contributed by atoms with Gasteiger partial charge in [-0.1, -0.05) is 24.3 Å². The maximum absolute atomic E-state index is 12.7. The average Bonchev–Trinajstić information content (AvgIpc) is 3.23. The number of nitrogens with zero attached hydrogens (tertiary/aromatic N) is 1. The molecule has 7 nitrogen and oxygen atoms in total. The molecule has 0 saturated heterocycles. The summed E-state index contributed by atoms with van der Waals surface area (Å²) >= 11 is 5.37. The van der Waals surface area contributed by atoms with E-state index < -0.39 is 0 Å². The van der Waals surface area contributed by atoms with E-state index in [-0.39, 0.29) is 11.0 Å². The Morgan fingerprint density at radius 3 is 2.59 bits per heavy atom. The number of hydrogen-bond acceptors (Lipinski definition) is 6. The van der Waals surface area contributed by atoms with Gasteiger partial charge in [0.1, 0.15) is 17.0 Å². The summed E-state index contributed by atoms with van der Waals surface area (Å²) in [6.45, 7) is 1.87. The second-order valence-electron chi connectivity index (χ2n) is 6.97. The number of ether oxygens (including phenoxy) is 2. The van der Waals surface area contributed by atoms with Gasteiger partial charge in [-0.3, -0.25) is 10.1 Å². The van der Waals surface area contributed by atoms with Crippen LogP contribution < -0.4 is 20.1 Å². The summed E-state index contributed by atoms with van der Waals surface area (Å²) in [5.74, 6) is 1.14. The first kappa shape index (κ1) is 21.3. The minimum atomic E-state index is -0.378. The van der Waals surface area contributed by atoms with E-state index in [1.807, 2.05) is 43.3 Å². The Balaban J connectivity index is 1.57. The van der Waals surface area contributed by atoms with E-state index in [2.05, 4.69) is 15.6 Å². The third kappa shape index (κ3) is 4.26. The summed E-state index contributed by atoms with van der Waals surface area (Å²) in [7, 11) is 3.08. The third-order valence-electron chi connectivity index (χ3n) is 4.88. The molecule has 0 aliphatic carbocycles. The van der Waals surface area contributed by atoms with Crippen molar-refractivity contribution in [2.24, 2.45) is 0 Å². The van der Waals surface area contributed by atoms with Crippen molar-refractivity contribution in [1.82, 2.24) is 10.3 Å². The molecule has 0 atom stereocenters. The fourth-order valence-electron chi connectivity index (χ4n) is 3.36. The molecule has 0 aliphatic heterocycles. The van der Waals surface area contributed by atoms with Gasteiger partial charge in [-0.2, -0.15) is 0 Å². The highest BCUT2D eigenvalue weighted by Crippen LogP contribution is 2.32. The van der Waals surface area contributed by atoms with Gasteiger partial charge in [0.05, 0.1) is 25.5 Å². The number of hydrogen-bond donors (Lipinski definition) is 2. The van der Waals surface area contributed by atoms with Crippen LogP contribution in [0.3, 0.4) is 0 Å². The second-order valence-corrected chi connectivity index (χ2v) is 7.37. The van der Waals surface area contributed by atoms with Crippen LogP contribution in [-0.2, 0) is 0 Å². The van der Waals surface area contributed by atoms with E-state index in [1.54, 1.807) is 31.4 Å². The van der Waals surface area contributed by atoms with Gasteiger partial charge in [0.2, 0.25) is 5.89 Å². The van der Waals surface area contributed by atoms with E-state index in [0.29, 0.717) is 34.2 Å². The van der Waals surface area contributed by atoms with Gasteiger partial charge in [0.15, 0.2) is 10.7 Å². The van der Waals surface area contributed by atoms with Crippen molar-refractivity contribution < 1.29 is 18.7 Å². The summed E-state index contributed by atoms with van der Waals surface area (Å²) in [5, 5.41) is 5.83. The van der Waals surface area contributed by atoms with Gasteiger partial charge < -0.3 is 19.2 Å². The van der Waals surface area contributed by atoms with E-state index in [1.165, 1.54) is 7.11 Å². The first-order chi connectivity index (χ1) is 15.5. The molecule has 1 heterocycles. The monoisotopic (exact) mass is 447 g/mol. The lowest BCUT2D eigenvalue weighted by Crippen LogP contribution is -2.34. The molecule has 32 heavy (non-hydrogen) atoms. The van der Waals surface area contributed by atoms with Crippen molar-refractivity contribution in [3.8, 4) is 23.0 Å². The van der Waals surface area contributed by atoms with Gasteiger partial charge >= 0.3 is 0 Å². The number of carbonyl (C=O) groups excluding carboxylic acids is 1. The third-order valence-corrected chi connectivity index (χ3v) is 5.08. The molecular weight excluding hydrogens is 426 g/mol. The van der Waals surface area contributed by atoms with E-state index >= 15 is 0 Å². The van der Waals surface area contributed by atoms with Crippen molar-refractivity contribution in [1.29, 1.82) is 0 Å². The molecule has 0 aliphatic rings. The van der Waals surface area contributed by atoms with Gasteiger partial charge in [-0.25, -0.2) is 4.98 Å². The minimum Gasteiger partial charge on any atom is -0.496 e. The van der Waals surface area contributed by atoms with Crippen LogP contribution >= 0.6 is 12.2 Å². The number of rotatable bonds is 5. The van der Waals surface area contributed by atoms with Crippen LogP contribution in [0.25, 0.3) is 22.6 Å². The van der Waals surface area contributed by atoms with Gasteiger partial charge in [-0.05, 0) is 61.1 Å². The summed E-state index contributed by atoms with van der Waals surface area (Å²) in [4.78, 5) is 17.3. The molecule has 4 rings (SSSR count). The predicted octanol–water partition coefficient (Wildman–Crippen LogP) is 4.95. The molecule has 4 aromatic rings. The van der Waals surface area contributed by atoms with E-state index in [0.717, 1.165) is 16.6 Å². The number of methoxy groups -OCH3 is 2. The largest absolute Gasteiger partial charge is 0.496 e. The number of anilines is 1. The summed E-state index contributed by atoms with van der Waals surface area (Å²) in [6, 6.07) is 18.3. The zero-order chi connectivity index (χ0) is 22.7. The maximum Gasteiger partial charge on any atom is 0.261 e. The van der Waals surface area contributed by atoms with Crippen LogP contribution in [0, 0.1) is 6.92 Å². The lowest BCUT2D eigenvalue weighted by atomic mass is 10.1. The lowest BCUT2D eigenvalue weighted by molar-refractivity contribution is 0.0974. The molecular formula is C24H21N3O4S. The standard InChI is InChI=1S/C24H21N3O4S/c1-14-7-6-8-16(21(14)30-3)22(28)27-24(32)26-18-13-15(11-12-19(18)29-2)23-25-17-9-4-5-10-20(17)31-23/h4-13H,1-3H3,(H2,26,27,28,32). The van der Waals surface area contributed by atoms with Crippen LogP contribution in [0.15, 0.2) is 65.1 Å². The Labute approximate surface area is 190 Å². The zero-order valence-electron chi connectivity index (χ0n) is 17.8. The van der Waals surface area contributed by atoms with Crippen LogP contribution in [-0.4, -0.2) is 30.2 Å². The topological polar surface area (TPSA) is 85.6 Å². The van der Waals surface area contributed by atoms with Crippen LogP contribution in [0.2, 0.25) is 0 Å². The number of benzene rings is 3. The second kappa shape index (κ2) is 9.07. The van der Waals surface area contributed by atoms with E-state index in [4.69, 9.17) is 26.1 Å². The number of aromatic nitrogens is 1. The number of oxazole rings is 1. The van der Waals surface area contributed by atoms with Crippen molar-refractivity contribution in [3.63, 3.8) is 0 Å². The Morgan fingerprint density at radius 1 is 1.03 bits per heavy atom. The molecule has 0 fully saturated rings. The smallest absolute Gasteiger partial charge is 0.261 e. The van der Waals surface area contributed by atoms with Gasteiger partial charge in [0, 0.05) is 5.56 Å². The summed E-state index contributed by atoms with van der Waals surface area (Å²) in [6.07, 6.45) is 0. The number of carbonyl (C=O) groups is 1. The maximum atomic E-state index is 12.7. The Morgan fingerprint density at radius 2 is 1.84 bits per heavy atom. The van der Waals surface area contributed by atoms with Crippen LogP contribution in [0.1, 0.15) is 15.9 Å². The number of para-hydroxylation sites is 3. The molecule has 1 aromatic heterocycles. The fourth-order valence-corrected chi connectivity index (χ4v) is 3.56. The first-order valence-corrected chi connectivity index (χ1v) is 10.2. The Bertz CT molecular complexity index is 1280. The van der Waals surface area contributed by atoms with Crippen molar-refractivity contribution in [2.45, 2.75) is 6.92 Å². The molecule has 0 spiro atoms. The highest BCUT2D eigenvalue weighted by molar-refractivity contribution is 7.80. The van der Waals surface area contributed by atoms with Gasteiger partial charge in [0.25, 0.3) is 5.91 Å². The molecule has 1 amide bonds. The van der Waals surface area contributed by atoms with Gasteiger partial charge in [-0.15, -0.1) is 0 Å². The normalized spacial score (nSPS) is 10.6. The number of amides is 1. The summed E-state index contributed by atoms with van der Waals surface area (Å²) < 4.78 is 16.6. The Kier molecular flexibility index (Phi) is 6.04. The number of fused-ring (bicyclic) bond motifs is 1. The minimum absolute atomic E-state index is 0.117. The fraction of sp³-hybridized carbons (Fsp3) is 0.125. The average molecular weight is 448 g/mol. The predicted molar refractivity (Wildman–Crippen MR) is 127 cm³/mol. The molecule has 162 valence electrons. The van der Waals surface area contributed by atoms with Crippen LogP contribution in [0.5, 0.6) is 11.5 Å². The first-order valence-electron chi connectivity index (χ1n) is 9.80. The van der Waals surface area contributed by atoms with Crippen molar-refractivity contribution in [2.75, 3.05) is 19.5 Å². The van der Waals surface area contributed by atoms with E-state index in [9.17, 15) is 4.79 Å². The van der Waals surface area contributed by atoms with Crippen molar-refractivity contribution >= 4 is 40.0 Å². The molecule has 0 bridgehead atoms. The molecule has 0 radical (unpaired) electrons. The van der Waals surface area contributed by atoms with Crippen molar-refractivity contribution in [3.05, 3.63) is 71.8 Å². The number of thiocarbonyl (C=S) groups is 1. The molecule has 0 saturated carbocycles. The molecule has 0 unspecified atom stereocenters. The number of nitrogens with one attached hydrogen (secondary N) is 2. The van der Waals surface area contributed by atoms with Crippen LogP contribution in [0.4, 0.5) is 5.69 Å². The zero-order valence-corrected chi connectivity index (χ0v) is 18.6. The Hall–Kier alpha value is -3.91. The highest BCUT2D eigenvalue weighted by atomic mass is 32.1. The molecule has 2 N–H and O–H groups in total. The lowest BCUT2D eigenvalue weighted by Gasteiger charge is -2.15. The number of aryl methyl sites for hydroxylation is 1. The highest BCUT2D eigenvalue weighted by Gasteiger charge is 2.17. The quantitative estimate of drug-likeness (QED) is 0.419. The SMILES string of the molecule is COc1ccc(-c2nc3ccccc3o2)cc1NC(=S)NC(=O)c1cccc(C)c1OC. The molecule has 3 aromatic carbocycles. The molecule has 8 heteroatoms.